The molecule has 90 valence electrons. The molecule has 0 radical (unpaired) electrons. The van der Waals surface area contributed by atoms with Crippen LogP contribution < -0.4 is 5.73 Å². The van der Waals surface area contributed by atoms with Crippen molar-refractivity contribution in [3.05, 3.63) is 17.6 Å². The van der Waals surface area contributed by atoms with Gasteiger partial charge in [-0.1, -0.05) is 0 Å². The molecular formula is C11H16N6. The highest BCUT2D eigenvalue weighted by molar-refractivity contribution is 5.51. The zero-order chi connectivity index (χ0) is 12.0. The van der Waals surface area contributed by atoms with Gasteiger partial charge < -0.3 is 10.3 Å². The number of aryl methyl sites for hydroxylation is 3. The van der Waals surface area contributed by atoms with Crippen LogP contribution in [0, 0.1) is 6.92 Å². The van der Waals surface area contributed by atoms with E-state index < -0.39 is 0 Å². The Kier molecular flexibility index (Phi) is 2.25. The average molecular weight is 232 g/mol. The van der Waals surface area contributed by atoms with Crippen LogP contribution in [0.2, 0.25) is 0 Å². The van der Waals surface area contributed by atoms with Gasteiger partial charge in [0.15, 0.2) is 5.82 Å². The van der Waals surface area contributed by atoms with Crippen LogP contribution in [-0.4, -0.2) is 30.6 Å². The van der Waals surface area contributed by atoms with E-state index in [9.17, 15) is 0 Å². The summed E-state index contributed by atoms with van der Waals surface area (Å²) in [6.07, 6.45) is 1.90. The van der Waals surface area contributed by atoms with Crippen molar-refractivity contribution in [2.45, 2.75) is 32.4 Å². The predicted octanol–water partition coefficient (Wildman–Crippen LogP) is 0.261. The molecular weight excluding hydrogens is 216 g/mol. The Bertz CT molecular complexity index is 552. The third-order valence-corrected chi connectivity index (χ3v) is 3.21. The molecule has 0 amide bonds. The first-order chi connectivity index (χ1) is 8.15. The van der Waals surface area contributed by atoms with Crippen molar-refractivity contribution in [1.82, 2.24) is 24.5 Å². The zero-order valence-electron chi connectivity index (χ0n) is 10.1. The summed E-state index contributed by atoms with van der Waals surface area (Å²) >= 11 is 0. The molecule has 0 saturated carbocycles. The maximum atomic E-state index is 6.00. The van der Waals surface area contributed by atoms with Gasteiger partial charge >= 0.3 is 0 Å². The molecule has 1 unspecified atom stereocenters. The van der Waals surface area contributed by atoms with Crippen LogP contribution in [0.5, 0.6) is 0 Å². The van der Waals surface area contributed by atoms with E-state index in [2.05, 4.69) is 19.9 Å². The SMILES string of the molecule is Cc1cc(-c2nnc3n2CC(N)CC3)n(C)n1. The minimum absolute atomic E-state index is 0.201. The van der Waals surface area contributed by atoms with Gasteiger partial charge in [-0.25, -0.2) is 0 Å². The molecule has 0 aromatic carbocycles. The summed E-state index contributed by atoms with van der Waals surface area (Å²) in [5.41, 5.74) is 7.98. The number of fused-ring (bicyclic) bond motifs is 1. The predicted molar refractivity (Wildman–Crippen MR) is 63.3 cm³/mol. The minimum atomic E-state index is 0.201. The van der Waals surface area contributed by atoms with Gasteiger partial charge in [0.05, 0.1) is 5.69 Å². The lowest BCUT2D eigenvalue weighted by atomic mass is 10.1. The fraction of sp³-hybridized carbons (Fsp3) is 0.545. The van der Waals surface area contributed by atoms with Crippen molar-refractivity contribution in [1.29, 1.82) is 0 Å². The number of nitrogens with two attached hydrogens (primary N) is 1. The Morgan fingerprint density at radius 1 is 1.41 bits per heavy atom. The summed E-state index contributed by atoms with van der Waals surface area (Å²) in [6.45, 7) is 2.77. The summed E-state index contributed by atoms with van der Waals surface area (Å²) in [7, 11) is 1.92. The van der Waals surface area contributed by atoms with E-state index in [0.717, 1.165) is 42.4 Å². The average Bonchev–Trinajstić information content (AvgIpc) is 2.81. The Hall–Kier alpha value is -1.69. The van der Waals surface area contributed by atoms with Gasteiger partial charge in [-0.05, 0) is 19.4 Å². The first-order valence-electron chi connectivity index (χ1n) is 5.84. The van der Waals surface area contributed by atoms with Crippen molar-refractivity contribution >= 4 is 0 Å². The van der Waals surface area contributed by atoms with E-state index in [-0.39, 0.29) is 6.04 Å². The van der Waals surface area contributed by atoms with Gasteiger partial charge in [-0.2, -0.15) is 5.10 Å². The first-order valence-corrected chi connectivity index (χ1v) is 5.84. The summed E-state index contributed by atoms with van der Waals surface area (Å²) in [6, 6.07) is 2.23. The smallest absolute Gasteiger partial charge is 0.182 e. The largest absolute Gasteiger partial charge is 0.326 e. The number of rotatable bonds is 1. The second-order valence-electron chi connectivity index (χ2n) is 4.64. The van der Waals surface area contributed by atoms with Crippen LogP contribution in [0.15, 0.2) is 6.07 Å². The lowest BCUT2D eigenvalue weighted by Gasteiger charge is -2.20. The van der Waals surface area contributed by atoms with E-state index in [1.807, 2.05) is 24.7 Å². The van der Waals surface area contributed by atoms with E-state index in [0.29, 0.717) is 0 Å². The van der Waals surface area contributed by atoms with Crippen LogP contribution in [0.4, 0.5) is 0 Å². The molecule has 0 fully saturated rings. The Morgan fingerprint density at radius 3 is 2.94 bits per heavy atom. The van der Waals surface area contributed by atoms with E-state index >= 15 is 0 Å². The molecule has 2 aromatic rings. The second kappa shape index (κ2) is 3.66. The molecule has 1 aliphatic heterocycles. The fourth-order valence-electron chi connectivity index (χ4n) is 2.36. The summed E-state index contributed by atoms with van der Waals surface area (Å²) in [4.78, 5) is 0. The topological polar surface area (TPSA) is 74.6 Å². The maximum Gasteiger partial charge on any atom is 0.182 e. The minimum Gasteiger partial charge on any atom is -0.326 e. The molecule has 0 spiro atoms. The number of aromatic nitrogens is 5. The van der Waals surface area contributed by atoms with Gasteiger partial charge in [0.25, 0.3) is 0 Å². The molecule has 0 bridgehead atoms. The van der Waals surface area contributed by atoms with Crippen molar-refractivity contribution in [2.24, 2.45) is 12.8 Å². The molecule has 17 heavy (non-hydrogen) atoms. The molecule has 3 rings (SSSR count). The highest BCUT2D eigenvalue weighted by Crippen LogP contribution is 2.22. The van der Waals surface area contributed by atoms with E-state index in [1.165, 1.54) is 0 Å². The van der Waals surface area contributed by atoms with Gasteiger partial charge in [0.1, 0.15) is 11.5 Å². The van der Waals surface area contributed by atoms with E-state index in [4.69, 9.17) is 5.73 Å². The third kappa shape index (κ3) is 1.64. The Balaban J connectivity index is 2.10. The number of hydrogen-bond acceptors (Lipinski definition) is 4. The summed E-state index contributed by atoms with van der Waals surface area (Å²) in [5.74, 6) is 1.90. The summed E-state index contributed by atoms with van der Waals surface area (Å²) in [5, 5.41) is 12.8. The van der Waals surface area contributed by atoms with Gasteiger partial charge in [0, 0.05) is 26.1 Å². The quantitative estimate of drug-likeness (QED) is 0.765. The van der Waals surface area contributed by atoms with Crippen molar-refractivity contribution in [2.75, 3.05) is 0 Å². The molecule has 6 nitrogen and oxygen atoms in total. The fourth-order valence-corrected chi connectivity index (χ4v) is 2.36. The number of hydrogen-bond donors (Lipinski definition) is 1. The highest BCUT2D eigenvalue weighted by Gasteiger charge is 2.22. The van der Waals surface area contributed by atoms with Gasteiger partial charge in [0.2, 0.25) is 0 Å². The molecule has 0 saturated heterocycles. The van der Waals surface area contributed by atoms with Gasteiger partial charge in [-0.3, -0.25) is 4.68 Å². The monoisotopic (exact) mass is 232 g/mol. The first kappa shape index (κ1) is 10.5. The zero-order valence-corrected chi connectivity index (χ0v) is 10.1. The Morgan fingerprint density at radius 2 is 2.24 bits per heavy atom. The van der Waals surface area contributed by atoms with Gasteiger partial charge in [-0.15, -0.1) is 10.2 Å². The van der Waals surface area contributed by atoms with E-state index in [1.54, 1.807) is 0 Å². The second-order valence-corrected chi connectivity index (χ2v) is 4.64. The Labute approximate surface area is 99.4 Å². The number of nitrogens with zero attached hydrogens (tertiary/aromatic N) is 5. The van der Waals surface area contributed by atoms with Crippen molar-refractivity contribution in [3.63, 3.8) is 0 Å². The van der Waals surface area contributed by atoms with Crippen LogP contribution in [-0.2, 0) is 20.0 Å². The molecule has 2 aromatic heterocycles. The molecule has 1 atom stereocenters. The molecule has 2 N–H and O–H groups in total. The lowest BCUT2D eigenvalue weighted by Crippen LogP contribution is -2.32. The molecule has 3 heterocycles. The van der Waals surface area contributed by atoms with Crippen molar-refractivity contribution < 1.29 is 0 Å². The third-order valence-electron chi connectivity index (χ3n) is 3.21. The van der Waals surface area contributed by atoms with Crippen LogP contribution in [0.3, 0.4) is 0 Å². The standard InChI is InChI=1S/C11H16N6/c1-7-5-9(16(2)15-7)11-14-13-10-4-3-8(12)6-17(10)11/h5,8H,3-4,6,12H2,1-2H3. The summed E-state index contributed by atoms with van der Waals surface area (Å²) < 4.78 is 3.96. The lowest BCUT2D eigenvalue weighted by molar-refractivity contribution is 0.455. The van der Waals surface area contributed by atoms with Crippen molar-refractivity contribution in [3.8, 4) is 11.5 Å². The van der Waals surface area contributed by atoms with Crippen LogP contribution >= 0.6 is 0 Å². The maximum absolute atomic E-state index is 6.00. The normalized spacial score (nSPS) is 19.4. The highest BCUT2D eigenvalue weighted by atomic mass is 15.3. The van der Waals surface area contributed by atoms with Crippen LogP contribution in [0.1, 0.15) is 17.9 Å². The molecule has 6 heteroatoms. The molecule has 1 aliphatic rings. The van der Waals surface area contributed by atoms with Crippen LogP contribution in [0.25, 0.3) is 11.5 Å². The molecule has 0 aliphatic carbocycles.